The van der Waals surface area contributed by atoms with E-state index in [1.54, 1.807) is 0 Å². The Morgan fingerprint density at radius 3 is 1.08 bits per heavy atom. The van der Waals surface area contributed by atoms with Crippen molar-refractivity contribution in [1.82, 2.24) is 27.4 Å². The van der Waals surface area contributed by atoms with Crippen molar-refractivity contribution in [3.05, 3.63) is 98.6 Å². The molecule has 0 amide bonds. The molecule has 0 N–H and O–H groups in total. The second kappa shape index (κ2) is 14.6. The number of ether oxygens (including phenoxy) is 3. The molecule has 0 spiro atoms. The second-order valence-corrected chi connectivity index (χ2v) is 13.0. The van der Waals surface area contributed by atoms with Gasteiger partial charge in [-0.15, -0.1) is 0 Å². The number of phosphoric acid groups is 1. The molecule has 272 valence electrons. The van der Waals surface area contributed by atoms with Crippen LogP contribution in [0.25, 0.3) is 0 Å². The van der Waals surface area contributed by atoms with Crippen LogP contribution in [-0.4, -0.2) is 47.2 Å². The molecule has 19 nitrogen and oxygen atoms in total. The van der Waals surface area contributed by atoms with Crippen LogP contribution >= 0.6 is 7.82 Å². The predicted octanol–water partition coefficient (Wildman–Crippen LogP) is 0.432. The molecule has 3 atom stereocenters. The molecule has 6 heterocycles. The topological polar surface area (TPSA) is 204 Å². The second-order valence-electron chi connectivity index (χ2n) is 11.3. The van der Waals surface area contributed by atoms with Crippen LogP contribution in [0.5, 0.6) is 0 Å². The first-order valence-electron chi connectivity index (χ1n) is 15.3. The molecule has 0 radical (unpaired) electrons. The minimum absolute atomic E-state index is 0.161. The highest BCUT2D eigenvalue weighted by atomic mass is 31.2. The number of rotatable bonds is 12. The minimum atomic E-state index is -5.39. The molecule has 6 rings (SSSR count). The fourth-order valence-electron chi connectivity index (χ4n) is 5.56. The quantitative estimate of drug-likeness (QED) is 0.232. The Balaban J connectivity index is 1.34. The number of aromatic nitrogens is 6. The summed E-state index contributed by atoms with van der Waals surface area (Å²) in [6.45, 7) is -3.32. The van der Waals surface area contributed by atoms with Gasteiger partial charge in [0.15, 0.2) is 0 Å². The van der Waals surface area contributed by atoms with Gasteiger partial charge in [0, 0.05) is 19.8 Å². The molecular weight excluding hydrogens is 704 g/mol. The molecule has 0 aliphatic carbocycles. The van der Waals surface area contributed by atoms with E-state index in [4.69, 9.17) is 27.8 Å². The molecule has 0 aromatic carbocycles. The van der Waals surface area contributed by atoms with E-state index in [1.165, 1.54) is 0 Å². The first-order chi connectivity index (χ1) is 23.9. The Hall–Kier alpha value is -4.18. The van der Waals surface area contributed by atoms with Crippen LogP contribution in [0.2, 0.25) is 0 Å². The van der Waals surface area contributed by atoms with Crippen molar-refractivity contribution in [2.75, 3.05) is 19.8 Å². The normalized spacial score (nSPS) is 21.0. The van der Waals surface area contributed by atoms with Gasteiger partial charge in [0.25, 0.3) is 16.7 Å². The summed E-state index contributed by atoms with van der Waals surface area (Å²) in [4.78, 5) is 77.2. The third-order valence-corrected chi connectivity index (χ3v) is 9.44. The fourth-order valence-corrected chi connectivity index (χ4v) is 6.56. The van der Waals surface area contributed by atoms with Gasteiger partial charge >= 0.3 is 24.9 Å². The van der Waals surface area contributed by atoms with Gasteiger partial charge in [0.1, 0.15) is 38.9 Å². The zero-order valence-corrected chi connectivity index (χ0v) is 26.9. The molecule has 0 unspecified atom stereocenters. The summed E-state index contributed by atoms with van der Waals surface area (Å²) in [6.07, 6.45) is 1.47. The molecule has 0 saturated carbocycles. The van der Waals surface area contributed by atoms with E-state index in [0.29, 0.717) is 57.1 Å². The van der Waals surface area contributed by atoms with E-state index in [9.17, 15) is 46.5 Å². The number of nitrogens with zero attached hydrogens (tertiary/aromatic N) is 6. The van der Waals surface area contributed by atoms with Crippen molar-refractivity contribution < 1.29 is 45.5 Å². The highest BCUT2D eigenvalue weighted by Gasteiger charge is 2.32. The van der Waals surface area contributed by atoms with Gasteiger partial charge in [-0.2, -0.15) is 13.2 Å². The Kier molecular flexibility index (Phi) is 10.4. The summed E-state index contributed by atoms with van der Waals surface area (Å²) in [7, 11) is -5.39. The van der Waals surface area contributed by atoms with Gasteiger partial charge in [-0.25, -0.2) is 32.6 Å². The van der Waals surface area contributed by atoms with E-state index in [0.717, 1.165) is 13.7 Å². The number of halogens is 3. The Bertz CT molecular complexity index is 1930. The summed E-state index contributed by atoms with van der Waals surface area (Å²) < 4.78 is 92.2. The molecule has 3 aliphatic heterocycles. The van der Waals surface area contributed by atoms with Gasteiger partial charge < -0.3 is 14.2 Å². The number of hydrogen-bond donors (Lipinski definition) is 0. The SMILES string of the molecule is O=c1c(F)cn([C@H]2CCCO2)c(=O)n1COP(=O)(OCn1c(=O)c(F)cn([C@H]2CCCO2)c1=O)OCn1c(=O)c(F)cn([C@H]2CCCO2)c1=O. The highest BCUT2D eigenvalue weighted by molar-refractivity contribution is 7.48. The van der Waals surface area contributed by atoms with E-state index in [1.807, 2.05) is 0 Å². The first kappa shape index (κ1) is 35.6. The lowest BCUT2D eigenvalue weighted by Crippen LogP contribution is -2.44. The van der Waals surface area contributed by atoms with Gasteiger partial charge in [-0.1, -0.05) is 0 Å². The molecular formula is C27H30F3N6O13P. The Morgan fingerprint density at radius 1 is 0.560 bits per heavy atom. The summed E-state index contributed by atoms with van der Waals surface area (Å²) >= 11 is 0. The molecule has 23 heteroatoms. The van der Waals surface area contributed by atoms with Crippen LogP contribution in [0.15, 0.2) is 47.4 Å². The van der Waals surface area contributed by atoms with Crippen molar-refractivity contribution in [1.29, 1.82) is 0 Å². The third-order valence-electron chi connectivity index (χ3n) is 8.14. The summed E-state index contributed by atoms with van der Waals surface area (Å²) in [6, 6.07) is 0. The van der Waals surface area contributed by atoms with Crippen LogP contribution < -0.4 is 33.7 Å². The summed E-state index contributed by atoms with van der Waals surface area (Å²) in [5.41, 5.74) is -8.10. The summed E-state index contributed by atoms with van der Waals surface area (Å²) in [5.74, 6) is -4.29. The average molecular weight is 735 g/mol. The molecule has 50 heavy (non-hydrogen) atoms. The summed E-state index contributed by atoms with van der Waals surface area (Å²) in [5, 5.41) is 0. The van der Waals surface area contributed by atoms with Crippen LogP contribution in [0, 0.1) is 17.5 Å². The molecule has 0 bridgehead atoms. The van der Waals surface area contributed by atoms with Crippen molar-refractivity contribution >= 4 is 7.82 Å². The monoisotopic (exact) mass is 734 g/mol. The van der Waals surface area contributed by atoms with E-state index < -0.39 is 97.9 Å². The first-order valence-corrected chi connectivity index (χ1v) is 16.8. The highest BCUT2D eigenvalue weighted by Crippen LogP contribution is 2.50. The van der Waals surface area contributed by atoms with E-state index >= 15 is 0 Å². The van der Waals surface area contributed by atoms with E-state index in [-0.39, 0.29) is 33.5 Å². The van der Waals surface area contributed by atoms with Gasteiger partial charge in [0.05, 0.1) is 18.6 Å². The van der Waals surface area contributed by atoms with Crippen molar-refractivity contribution in [3.63, 3.8) is 0 Å². The Morgan fingerprint density at radius 2 is 0.840 bits per heavy atom. The lowest BCUT2D eigenvalue weighted by Gasteiger charge is -2.21. The van der Waals surface area contributed by atoms with E-state index in [2.05, 4.69) is 0 Å². The minimum Gasteiger partial charge on any atom is -0.358 e. The van der Waals surface area contributed by atoms with Gasteiger partial charge in [0.2, 0.25) is 17.5 Å². The van der Waals surface area contributed by atoms with Crippen molar-refractivity contribution in [3.8, 4) is 0 Å². The largest absolute Gasteiger partial charge is 0.480 e. The molecule has 3 saturated heterocycles. The zero-order valence-electron chi connectivity index (χ0n) is 26.0. The molecule has 3 aliphatic rings. The third kappa shape index (κ3) is 7.04. The predicted molar refractivity (Wildman–Crippen MR) is 158 cm³/mol. The van der Waals surface area contributed by atoms with Crippen LogP contribution in [0.4, 0.5) is 13.2 Å². The molecule has 3 fully saturated rings. The molecule has 3 aromatic rings. The number of hydrogen-bond acceptors (Lipinski definition) is 13. The zero-order chi connectivity index (χ0) is 35.7. The lowest BCUT2D eigenvalue weighted by atomic mass is 10.3. The maximum Gasteiger partial charge on any atom is 0.480 e. The smallest absolute Gasteiger partial charge is 0.358 e. The maximum absolute atomic E-state index is 14.6. The van der Waals surface area contributed by atoms with Gasteiger partial charge in [-0.05, 0) is 38.5 Å². The van der Waals surface area contributed by atoms with Crippen LogP contribution in [0.1, 0.15) is 57.2 Å². The van der Waals surface area contributed by atoms with Crippen LogP contribution in [0.3, 0.4) is 0 Å². The fraction of sp³-hybridized carbons (Fsp3) is 0.556. The Labute approximate surface area is 276 Å². The number of phosphoric ester groups is 1. The van der Waals surface area contributed by atoms with Crippen LogP contribution in [-0.2, 0) is 52.5 Å². The van der Waals surface area contributed by atoms with Crippen molar-refractivity contribution in [2.24, 2.45) is 0 Å². The standard InChI is InChI=1S/C27H30F3N6O13P/c28-16-10-31(19-4-1-7-44-19)25(40)34(22(16)37)13-47-50(43,48-14-35-23(38)17(29)11-32(26(35)41)20-5-2-8-45-20)49-15-36-24(39)18(30)12-33(27(36)42)21-6-3-9-46-21/h10-12,19-21H,1-9,13-15H2/t19-,20-,21-/m1/s1. The lowest BCUT2D eigenvalue weighted by molar-refractivity contribution is 0.0318. The average Bonchev–Trinajstić information content (AvgIpc) is 3.91. The van der Waals surface area contributed by atoms with Gasteiger partial charge in [-0.3, -0.25) is 41.7 Å². The maximum atomic E-state index is 14.6. The van der Waals surface area contributed by atoms with Crippen molar-refractivity contribution in [2.45, 2.75) is 77.4 Å². The molecule has 3 aromatic heterocycles.